The topological polar surface area (TPSA) is 37.3 Å². The fraction of sp³-hybridized carbons (Fsp3) is 0.0833. The Labute approximate surface area is 82.2 Å². The highest BCUT2D eigenvalue weighted by atomic mass is 16.3. The molecule has 0 fully saturated rings. The quantitative estimate of drug-likeness (QED) is 0.719. The summed E-state index contributed by atoms with van der Waals surface area (Å²) >= 11 is 0. The van der Waals surface area contributed by atoms with Crippen LogP contribution in [0.25, 0.3) is 0 Å². The van der Waals surface area contributed by atoms with Crippen molar-refractivity contribution in [3.63, 3.8) is 0 Å². The van der Waals surface area contributed by atoms with E-state index in [2.05, 4.69) is 0 Å². The van der Waals surface area contributed by atoms with Crippen molar-refractivity contribution in [2.75, 3.05) is 0 Å². The molecular formula is C12H10O2. The van der Waals surface area contributed by atoms with Gasteiger partial charge < -0.3 is 5.11 Å². The first kappa shape index (κ1) is 8.75. The number of rotatable bonds is 2. The summed E-state index contributed by atoms with van der Waals surface area (Å²) in [4.78, 5) is 11.8. The van der Waals surface area contributed by atoms with E-state index in [4.69, 9.17) is 0 Å². The van der Waals surface area contributed by atoms with E-state index in [1.807, 2.05) is 24.3 Å². The van der Waals surface area contributed by atoms with E-state index in [1.165, 1.54) is 6.07 Å². The van der Waals surface area contributed by atoms with Crippen molar-refractivity contribution in [3.8, 4) is 5.75 Å². The van der Waals surface area contributed by atoms with Crippen LogP contribution in [0.15, 0.2) is 48.6 Å². The molecule has 2 nitrogen and oxygen atoms in total. The molecule has 1 N–H and O–H groups in total. The van der Waals surface area contributed by atoms with Gasteiger partial charge in [0.1, 0.15) is 5.75 Å². The van der Waals surface area contributed by atoms with Crippen LogP contribution in [0.1, 0.15) is 10.4 Å². The highest BCUT2D eigenvalue weighted by Gasteiger charge is 2.18. The molecule has 2 heteroatoms. The number of para-hydroxylation sites is 1. The molecule has 1 aromatic rings. The summed E-state index contributed by atoms with van der Waals surface area (Å²) in [6.07, 6.45) is 7.30. The summed E-state index contributed by atoms with van der Waals surface area (Å²) in [7, 11) is 0. The van der Waals surface area contributed by atoms with Crippen molar-refractivity contribution in [2.24, 2.45) is 5.92 Å². The molecule has 70 valence electrons. The number of phenols is 1. The third kappa shape index (κ3) is 1.46. The zero-order valence-corrected chi connectivity index (χ0v) is 7.55. The van der Waals surface area contributed by atoms with E-state index in [-0.39, 0.29) is 17.5 Å². The molecule has 0 radical (unpaired) electrons. The largest absolute Gasteiger partial charge is 0.507 e. The Kier molecular flexibility index (Phi) is 2.19. The maximum atomic E-state index is 11.8. The molecule has 0 saturated carbocycles. The number of Topliss-reactive ketones (excluding diaryl/α,β-unsaturated/α-hetero) is 1. The number of carbonyl (C=O) groups excluding carboxylic acids is 1. The number of allylic oxidation sites excluding steroid dienone is 4. The standard InChI is InChI=1S/C12H10O2/c13-11-8-4-3-7-10(11)12(14)9-5-1-2-6-9/h1-9,13H. The second-order valence-corrected chi connectivity index (χ2v) is 3.18. The summed E-state index contributed by atoms with van der Waals surface area (Å²) < 4.78 is 0. The van der Waals surface area contributed by atoms with Crippen molar-refractivity contribution in [3.05, 3.63) is 54.1 Å². The molecule has 0 spiro atoms. The van der Waals surface area contributed by atoms with Gasteiger partial charge in [0, 0.05) is 0 Å². The van der Waals surface area contributed by atoms with Gasteiger partial charge in [-0.05, 0) is 12.1 Å². The lowest BCUT2D eigenvalue weighted by Crippen LogP contribution is -2.08. The van der Waals surface area contributed by atoms with E-state index >= 15 is 0 Å². The fourth-order valence-electron chi connectivity index (χ4n) is 1.47. The van der Waals surface area contributed by atoms with Gasteiger partial charge in [-0.25, -0.2) is 0 Å². The minimum Gasteiger partial charge on any atom is -0.507 e. The van der Waals surface area contributed by atoms with E-state index in [0.29, 0.717) is 5.56 Å². The van der Waals surface area contributed by atoms with Crippen LogP contribution in [0.3, 0.4) is 0 Å². The van der Waals surface area contributed by atoms with Crippen LogP contribution in [-0.4, -0.2) is 10.9 Å². The number of aromatic hydroxyl groups is 1. The lowest BCUT2D eigenvalue weighted by atomic mass is 9.98. The number of phenolic OH excluding ortho intramolecular Hbond substituents is 1. The molecule has 1 aromatic carbocycles. The number of hydrogen-bond acceptors (Lipinski definition) is 2. The first-order chi connectivity index (χ1) is 6.79. The first-order valence-corrected chi connectivity index (χ1v) is 4.46. The van der Waals surface area contributed by atoms with Crippen LogP contribution >= 0.6 is 0 Å². The summed E-state index contributed by atoms with van der Waals surface area (Å²) in [6.45, 7) is 0. The third-order valence-electron chi connectivity index (χ3n) is 2.22. The minimum absolute atomic E-state index is 0.0474. The Morgan fingerprint density at radius 3 is 2.43 bits per heavy atom. The number of hydrogen-bond donors (Lipinski definition) is 1. The average Bonchev–Trinajstić information content (AvgIpc) is 2.70. The van der Waals surface area contributed by atoms with Crippen molar-refractivity contribution >= 4 is 5.78 Å². The maximum Gasteiger partial charge on any atom is 0.177 e. The molecular weight excluding hydrogens is 176 g/mol. The normalized spacial score (nSPS) is 14.9. The van der Waals surface area contributed by atoms with Crippen molar-refractivity contribution < 1.29 is 9.90 Å². The molecule has 1 aliphatic rings. The lowest BCUT2D eigenvalue weighted by Gasteiger charge is -2.05. The van der Waals surface area contributed by atoms with Gasteiger partial charge in [-0.3, -0.25) is 4.79 Å². The highest BCUT2D eigenvalue weighted by molar-refractivity contribution is 6.02. The van der Waals surface area contributed by atoms with E-state index in [9.17, 15) is 9.90 Å². The van der Waals surface area contributed by atoms with E-state index in [0.717, 1.165) is 0 Å². The molecule has 0 saturated heterocycles. The smallest absolute Gasteiger partial charge is 0.177 e. The predicted octanol–water partition coefficient (Wildman–Crippen LogP) is 2.32. The summed E-state index contributed by atoms with van der Waals surface area (Å²) in [5.41, 5.74) is 0.383. The van der Waals surface area contributed by atoms with Gasteiger partial charge in [0.2, 0.25) is 0 Å². The van der Waals surface area contributed by atoms with E-state index < -0.39 is 0 Å². The van der Waals surface area contributed by atoms with Crippen molar-refractivity contribution in [1.29, 1.82) is 0 Å². The van der Waals surface area contributed by atoms with Gasteiger partial charge in [0.05, 0.1) is 11.5 Å². The van der Waals surface area contributed by atoms with Gasteiger partial charge in [-0.15, -0.1) is 0 Å². The van der Waals surface area contributed by atoms with Gasteiger partial charge >= 0.3 is 0 Å². The second kappa shape index (κ2) is 3.50. The van der Waals surface area contributed by atoms with Gasteiger partial charge in [-0.1, -0.05) is 36.4 Å². The average molecular weight is 186 g/mol. The molecule has 0 heterocycles. The Balaban J connectivity index is 2.31. The Bertz CT molecular complexity index is 404. The van der Waals surface area contributed by atoms with Crippen LogP contribution in [-0.2, 0) is 0 Å². The van der Waals surface area contributed by atoms with Gasteiger partial charge in [-0.2, -0.15) is 0 Å². The summed E-state index contributed by atoms with van der Waals surface area (Å²) in [5, 5.41) is 9.47. The van der Waals surface area contributed by atoms with Gasteiger partial charge in [0.15, 0.2) is 5.78 Å². The van der Waals surface area contributed by atoms with Crippen LogP contribution in [0.2, 0.25) is 0 Å². The Morgan fingerprint density at radius 2 is 1.79 bits per heavy atom. The number of carbonyl (C=O) groups is 1. The van der Waals surface area contributed by atoms with Gasteiger partial charge in [0.25, 0.3) is 0 Å². The molecule has 0 atom stereocenters. The summed E-state index contributed by atoms with van der Waals surface area (Å²) in [5.74, 6) is -0.234. The SMILES string of the molecule is O=C(c1ccccc1O)C1C=CC=C1. The zero-order chi connectivity index (χ0) is 9.97. The lowest BCUT2D eigenvalue weighted by molar-refractivity contribution is 0.0963. The second-order valence-electron chi connectivity index (χ2n) is 3.18. The van der Waals surface area contributed by atoms with Crippen LogP contribution in [0.5, 0.6) is 5.75 Å². The molecule has 0 amide bonds. The minimum atomic E-state index is -0.219. The molecule has 1 aliphatic carbocycles. The van der Waals surface area contributed by atoms with Crippen LogP contribution in [0.4, 0.5) is 0 Å². The molecule has 0 bridgehead atoms. The van der Waals surface area contributed by atoms with Crippen molar-refractivity contribution in [1.82, 2.24) is 0 Å². The molecule has 0 unspecified atom stereocenters. The van der Waals surface area contributed by atoms with E-state index in [1.54, 1.807) is 18.2 Å². The number of ketones is 1. The highest BCUT2D eigenvalue weighted by Crippen LogP contribution is 2.22. The first-order valence-electron chi connectivity index (χ1n) is 4.46. The molecule has 0 aliphatic heterocycles. The fourth-order valence-corrected chi connectivity index (χ4v) is 1.47. The molecule has 14 heavy (non-hydrogen) atoms. The Morgan fingerprint density at radius 1 is 1.14 bits per heavy atom. The Hall–Kier alpha value is -1.83. The monoisotopic (exact) mass is 186 g/mol. The maximum absolute atomic E-state index is 11.8. The predicted molar refractivity (Wildman–Crippen MR) is 54.2 cm³/mol. The van der Waals surface area contributed by atoms with Crippen molar-refractivity contribution in [2.45, 2.75) is 0 Å². The third-order valence-corrected chi connectivity index (χ3v) is 2.22. The molecule has 0 aromatic heterocycles. The zero-order valence-electron chi connectivity index (χ0n) is 7.55. The van der Waals surface area contributed by atoms with Crippen LogP contribution in [0, 0.1) is 5.92 Å². The summed E-state index contributed by atoms with van der Waals surface area (Å²) in [6, 6.07) is 6.61. The number of benzene rings is 1. The molecule has 2 rings (SSSR count). The van der Waals surface area contributed by atoms with Crippen LogP contribution < -0.4 is 0 Å².